The molecule has 0 N–H and O–H groups in total. The molecule has 5 rings (SSSR count). The number of ether oxygens (including phenoxy) is 1. The lowest BCUT2D eigenvalue weighted by Gasteiger charge is -2.61. The molecule has 7 atom stereocenters. The fourth-order valence-electron chi connectivity index (χ4n) is 6.97. The Hall–Kier alpha value is -0.633. The second-order valence-corrected chi connectivity index (χ2v) is 15.0. The molecule has 2 heterocycles. The molecule has 2 saturated carbocycles. The Labute approximate surface area is 153 Å². The third-order valence-electron chi connectivity index (χ3n) is 7.85. The smallest absolute Gasteiger partial charge is 0.184 e. The molecule has 3 aliphatic carbocycles. The second kappa shape index (κ2) is 5.21. The molecular formula is C21H33NO2Si. The van der Waals surface area contributed by atoms with Crippen molar-refractivity contribution in [2.45, 2.75) is 90.3 Å². The molecule has 2 saturated heterocycles. The van der Waals surface area contributed by atoms with Gasteiger partial charge in [0.25, 0.3) is 0 Å². The maximum absolute atomic E-state index is 9.30. The van der Waals surface area contributed by atoms with E-state index in [-0.39, 0.29) is 22.5 Å². The van der Waals surface area contributed by atoms with E-state index < -0.39 is 8.32 Å². The minimum Gasteiger partial charge on any atom is -0.411 e. The van der Waals surface area contributed by atoms with E-state index in [0.717, 1.165) is 12.8 Å². The topological polar surface area (TPSA) is 42.2 Å². The first-order valence-electron chi connectivity index (χ1n) is 9.96. The summed E-state index contributed by atoms with van der Waals surface area (Å²) >= 11 is 0. The van der Waals surface area contributed by atoms with Crippen LogP contribution in [0.15, 0.2) is 11.6 Å². The Morgan fingerprint density at radius 1 is 1.36 bits per heavy atom. The van der Waals surface area contributed by atoms with Crippen LogP contribution in [-0.2, 0) is 9.16 Å². The normalized spacial score (nSPS) is 50.5. The van der Waals surface area contributed by atoms with Gasteiger partial charge in [0.05, 0.1) is 23.9 Å². The second-order valence-electron chi connectivity index (χ2n) is 10.6. The van der Waals surface area contributed by atoms with Crippen molar-refractivity contribution < 1.29 is 9.16 Å². The summed E-state index contributed by atoms with van der Waals surface area (Å²) in [5, 5.41) is 9.30. The number of hydrogen-bond donors (Lipinski definition) is 0. The zero-order chi connectivity index (χ0) is 18.3. The number of allylic oxidation sites excluding steroid dienone is 1. The van der Waals surface area contributed by atoms with Gasteiger partial charge in [-0.1, -0.05) is 18.6 Å². The standard InChI is InChI=1S/C21H33NO2Si/c1-14-10-17(24-25(4,5)6)19(2,8-7-9-22)18-16-11-15-12-21(14,18)13-20(15,3)23-16/h10,15-18H,7-8,11-13H2,1-6H3/t15?,16?,17?,18?,19-,20?,21?/m1/s1. The van der Waals surface area contributed by atoms with Gasteiger partial charge in [-0.25, -0.2) is 0 Å². The van der Waals surface area contributed by atoms with Crippen LogP contribution in [0.4, 0.5) is 0 Å². The van der Waals surface area contributed by atoms with Crippen molar-refractivity contribution in [2.24, 2.45) is 22.7 Å². The molecule has 0 amide bonds. The lowest BCUT2D eigenvalue weighted by molar-refractivity contribution is -0.180. The zero-order valence-corrected chi connectivity index (χ0v) is 17.7. The molecule has 25 heavy (non-hydrogen) atoms. The Kier molecular flexibility index (Phi) is 3.70. The van der Waals surface area contributed by atoms with E-state index >= 15 is 0 Å². The maximum atomic E-state index is 9.30. The van der Waals surface area contributed by atoms with Crippen molar-refractivity contribution in [1.82, 2.24) is 0 Å². The lowest BCUT2D eigenvalue weighted by Crippen LogP contribution is -2.60. The molecule has 138 valence electrons. The van der Waals surface area contributed by atoms with E-state index in [1.54, 1.807) is 0 Å². The summed E-state index contributed by atoms with van der Waals surface area (Å²) in [5.41, 5.74) is 1.90. The van der Waals surface area contributed by atoms with Crippen LogP contribution in [-0.4, -0.2) is 26.1 Å². The molecule has 0 aromatic heterocycles. The van der Waals surface area contributed by atoms with Crippen LogP contribution in [0.2, 0.25) is 19.6 Å². The van der Waals surface area contributed by atoms with E-state index in [4.69, 9.17) is 9.16 Å². The Bertz CT molecular complexity index is 662. The van der Waals surface area contributed by atoms with Crippen LogP contribution in [0.3, 0.4) is 0 Å². The van der Waals surface area contributed by atoms with Gasteiger partial charge < -0.3 is 9.16 Å². The predicted molar refractivity (Wildman–Crippen MR) is 101 cm³/mol. The van der Waals surface area contributed by atoms with Gasteiger partial charge in [0, 0.05) is 23.2 Å². The number of hydrogen-bond acceptors (Lipinski definition) is 3. The number of rotatable bonds is 4. The van der Waals surface area contributed by atoms with Crippen molar-refractivity contribution in [3.63, 3.8) is 0 Å². The molecule has 6 unspecified atom stereocenters. The minimum absolute atomic E-state index is 0.00315. The van der Waals surface area contributed by atoms with Crippen LogP contribution in [0.5, 0.6) is 0 Å². The lowest BCUT2D eigenvalue weighted by atomic mass is 9.48. The van der Waals surface area contributed by atoms with Crippen LogP contribution < -0.4 is 0 Å². The molecule has 5 aliphatic rings. The molecule has 4 fully saturated rings. The van der Waals surface area contributed by atoms with Gasteiger partial charge in [0.2, 0.25) is 0 Å². The van der Waals surface area contributed by atoms with Gasteiger partial charge in [-0.05, 0) is 65.1 Å². The molecule has 4 bridgehead atoms. The molecule has 0 aromatic carbocycles. The number of nitrogens with zero attached hydrogens (tertiary/aromatic N) is 1. The highest BCUT2D eigenvalue weighted by Gasteiger charge is 2.73. The average Bonchev–Trinajstić information content (AvgIpc) is 2.84. The minimum atomic E-state index is -1.68. The molecule has 0 aromatic rings. The molecule has 1 spiro atoms. The number of nitriles is 1. The first-order chi connectivity index (χ1) is 11.5. The maximum Gasteiger partial charge on any atom is 0.184 e. The monoisotopic (exact) mass is 359 g/mol. The molecular weight excluding hydrogens is 326 g/mol. The third kappa shape index (κ3) is 2.35. The van der Waals surface area contributed by atoms with Crippen LogP contribution in [0, 0.1) is 34.0 Å². The van der Waals surface area contributed by atoms with Gasteiger partial charge in [0.1, 0.15) is 0 Å². The largest absolute Gasteiger partial charge is 0.411 e. The summed E-state index contributed by atoms with van der Waals surface area (Å²) in [6.45, 7) is 13.9. The summed E-state index contributed by atoms with van der Waals surface area (Å²) in [4.78, 5) is 0. The molecule has 0 radical (unpaired) electrons. The van der Waals surface area contributed by atoms with Crippen molar-refractivity contribution in [3.05, 3.63) is 11.6 Å². The molecule has 4 heteroatoms. The summed E-state index contributed by atoms with van der Waals surface area (Å²) < 4.78 is 13.4. The van der Waals surface area contributed by atoms with E-state index in [9.17, 15) is 5.26 Å². The van der Waals surface area contributed by atoms with Crippen LogP contribution in [0.1, 0.15) is 52.9 Å². The SMILES string of the molecule is CC1=CC(O[Si](C)(C)C)[C@@](C)(CCC#N)C2C3CC4CC12CC4(C)O3. The first kappa shape index (κ1) is 17.8. The highest BCUT2D eigenvalue weighted by molar-refractivity contribution is 6.69. The zero-order valence-electron chi connectivity index (χ0n) is 16.7. The third-order valence-corrected chi connectivity index (χ3v) is 8.81. The average molecular weight is 360 g/mol. The van der Waals surface area contributed by atoms with Crippen LogP contribution in [0.25, 0.3) is 0 Å². The van der Waals surface area contributed by atoms with Gasteiger partial charge in [0.15, 0.2) is 8.32 Å². The first-order valence-corrected chi connectivity index (χ1v) is 13.4. The highest BCUT2D eigenvalue weighted by atomic mass is 28.4. The quantitative estimate of drug-likeness (QED) is 0.521. The summed E-state index contributed by atoms with van der Waals surface area (Å²) in [5.74, 6) is 1.21. The Morgan fingerprint density at radius 3 is 2.68 bits per heavy atom. The Balaban J connectivity index is 1.81. The fraction of sp³-hybridized carbons (Fsp3) is 0.857. The van der Waals surface area contributed by atoms with E-state index in [1.807, 2.05) is 0 Å². The summed E-state index contributed by atoms with van der Waals surface area (Å²) in [7, 11) is -1.68. The van der Waals surface area contributed by atoms with E-state index in [2.05, 4.69) is 52.6 Å². The summed E-state index contributed by atoms with van der Waals surface area (Å²) in [6.07, 6.45) is 8.07. The van der Waals surface area contributed by atoms with Crippen molar-refractivity contribution in [2.75, 3.05) is 0 Å². The van der Waals surface area contributed by atoms with E-state index in [1.165, 1.54) is 18.4 Å². The highest BCUT2D eigenvalue weighted by Crippen LogP contribution is 2.74. The summed E-state index contributed by atoms with van der Waals surface area (Å²) in [6, 6.07) is 2.40. The van der Waals surface area contributed by atoms with Gasteiger partial charge >= 0.3 is 0 Å². The van der Waals surface area contributed by atoms with Crippen molar-refractivity contribution >= 4 is 8.32 Å². The van der Waals surface area contributed by atoms with Crippen LogP contribution >= 0.6 is 0 Å². The van der Waals surface area contributed by atoms with E-state index in [0.29, 0.717) is 24.4 Å². The fourth-order valence-corrected chi connectivity index (χ4v) is 8.07. The van der Waals surface area contributed by atoms with Gasteiger partial charge in [-0.15, -0.1) is 0 Å². The molecule has 2 aliphatic heterocycles. The molecule has 3 nitrogen and oxygen atoms in total. The Morgan fingerprint density at radius 2 is 2.08 bits per heavy atom. The van der Waals surface area contributed by atoms with Crippen molar-refractivity contribution in [3.8, 4) is 6.07 Å². The van der Waals surface area contributed by atoms with Gasteiger partial charge in [-0.2, -0.15) is 5.26 Å². The van der Waals surface area contributed by atoms with Crippen molar-refractivity contribution in [1.29, 1.82) is 5.26 Å². The predicted octanol–water partition coefficient (Wildman–Crippen LogP) is 5.05. The van der Waals surface area contributed by atoms with Gasteiger partial charge in [-0.3, -0.25) is 0 Å².